The van der Waals surface area contributed by atoms with Gasteiger partial charge in [-0.05, 0) is 67.1 Å². The summed E-state index contributed by atoms with van der Waals surface area (Å²) in [6.45, 7) is 2.33. The van der Waals surface area contributed by atoms with Crippen LogP contribution in [-0.2, 0) is 13.6 Å². The molecule has 0 radical (unpaired) electrons. The summed E-state index contributed by atoms with van der Waals surface area (Å²) in [6.07, 6.45) is 7.19. The van der Waals surface area contributed by atoms with Crippen molar-refractivity contribution in [2.24, 2.45) is 7.05 Å². The van der Waals surface area contributed by atoms with Crippen molar-refractivity contribution in [3.05, 3.63) is 108 Å². The van der Waals surface area contributed by atoms with Crippen molar-refractivity contribution in [2.75, 3.05) is 0 Å². The van der Waals surface area contributed by atoms with Crippen LogP contribution in [0.1, 0.15) is 21.5 Å². The van der Waals surface area contributed by atoms with Crippen molar-refractivity contribution in [2.45, 2.75) is 13.5 Å². The van der Waals surface area contributed by atoms with Crippen LogP contribution in [0.5, 0.6) is 11.5 Å². The molecule has 3 aromatic heterocycles. The van der Waals surface area contributed by atoms with E-state index in [1.165, 1.54) is 0 Å². The molecule has 1 N–H and O–H groups in total. The number of nitrogens with zero attached hydrogens (tertiary/aromatic N) is 3. The molecule has 0 spiro atoms. The number of pyridine rings is 2. The first-order chi connectivity index (χ1) is 16.6. The quantitative estimate of drug-likeness (QED) is 0.364. The number of aryl methyl sites for hydroxylation is 1. The number of carbonyl (C=O) groups excluding carboxylic acids is 1. The largest absolute Gasteiger partial charge is 0.456 e. The van der Waals surface area contributed by atoms with Crippen LogP contribution in [0, 0.1) is 6.92 Å². The smallest absolute Gasteiger partial charge is 0.251 e. The lowest BCUT2D eigenvalue weighted by Crippen LogP contribution is -2.23. The van der Waals surface area contributed by atoms with Gasteiger partial charge < -0.3 is 14.6 Å². The zero-order chi connectivity index (χ0) is 23.5. The monoisotopic (exact) mass is 448 g/mol. The minimum Gasteiger partial charge on any atom is -0.456 e. The third kappa shape index (κ3) is 4.26. The lowest BCUT2D eigenvalue weighted by atomic mass is 10.1. The lowest BCUT2D eigenvalue weighted by Gasteiger charge is -2.14. The molecule has 168 valence electrons. The van der Waals surface area contributed by atoms with Crippen molar-refractivity contribution < 1.29 is 9.53 Å². The number of fused-ring (bicyclic) bond motifs is 1. The number of ether oxygens (including phenoxy) is 1. The normalized spacial score (nSPS) is 10.9. The molecular weight excluding hydrogens is 424 g/mol. The molecule has 0 unspecified atom stereocenters. The van der Waals surface area contributed by atoms with Crippen LogP contribution in [0.25, 0.3) is 22.2 Å². The molecule has 0 aliphatic heterocycles. The minimum atomic E-state index is -0.147. The summed E-state index contributed by atoms with van der Waals surface area (Å²) in [4.78, 5) is 21.4. The molecule has 3 heterocycles. The van der Waals surface area contributed by atoms with Gasteiger partial charge in [-0.3, -0.25) is 14.8 Å². The second-order valence-corrected chi connectivity index (χ2v) is 8.11. The fourth-order valence-electron chi connectivity index (χ4n) is 4.00. The van der Waals surface area contributed by atoms with Gasteiger partial charge in [0.15, 0.2) is 0 Å². The molecule has 0 aliphatic rings. The molecule has 6 heteroatoms. The van der Waals surface area contributed by atoms with Gasteiger partial charge in [0.25, 0.3) is 5.91 Å². The minimum absolute atomic E-state index is 0.147. The summed E-state index contributed by atoms with van der Waals surface area (Å²) >= 11 is 0. The third-order valence-corrected chi connectivity index (χ3v) is 5.89. The summed E-state index contributed by atoms with van der Waals surface area (Å²) < 4.78 is 8.38. The second kappa shape index (κ2) is 9.19. The Morgan fingerprint density at radius 3 is 2.62 bits per heavy atom. The van der Waals surface area contributed by atoms with E-state index in [0.717, 1.165) is 33.3 Å². The number of benzene rings is 2. The maximum absolute atomic E-state index is 12.8. The Labute approximate surface area is 197 Å². The molecule has 0 saturated heterocycles. The fraction of sp³-hybridized carbons (Fsp3) is 0.107. The van der Waals surface area contributed by atoms with E-state index < -0.39 is 0 Å². The van der Waals surface area contributed by atoms with Crippen LogP contribution in [0.15, 0.2) is 91.5 Å². The van der Waals surface area contributed by atoms with Gasteiger partial charge in [0.1, 0.15) is 11.5 Å². The van der Waals surface area contributed by atoms with E-state index in [0.29, 0.717) is 23.6 Å². The van der Waals surface area contributed by atoms with Gasteiger partial charge in [0.05, 0.1) is 5.52 Å². The van der Waals surface area contributed by atoms with Crippen LogP contribution in [0.3, 0.4) is 0 Å². The zero-order valence-electron chi connectivity index (χ0n) is 19.0. The van der Waals surface area contributed by atoms with E-state index in [4.69, 9.17) is 4.74 Å². The van der Waals surface area contributed by atoms with Crippen LogP contribution in [0.4, 0.5) is 0 Å². The number of aromatic nitrogens is 3. The van der Waals surface area contributed by atoms with Crippen LogP contribution in [0.2, 0.25) is 0 Å². The number of carbonyl (C=O) groups is 1. The highest BCUT2D eigenvalue weighted by Gasteiger charge is 2.14. The van der Waals surface area contributed by atoms with Gasteiger partial charge in [-0.2, -0.15) is 0 Å². The Balaban J connectivity index is 1.40. The number of rotatable bonds is 6. The van der Waals surface area contributed by atoms with Gasteiger partial charge in [-0.15, -0.1) is 0 Å². The highest BCUT2D eigenvalue weighted by Crippen LogP contribution is 2.33. The highest BCUT2D eigenvalue weighted by molar-refractivity contribution is 5.96. The van der Waals surface area contributed by atoms with Gasteiger partial charge in [-0.1, -0.05) is 12.1 Å². The van der Waals surface area contributed by atoms with Crippen molar-refractivity contribution in [1.82, 2.24) is 19.9 Å². The molecule has 5 aromatic rings. The first-order valence-corrected chi connectivity index (χ1v) is 11.1. The molecule has 5 rings (SSSR count). The maximum Gasteiger partial charge on any atom is 0.251 e. The van der Waals surface area contributed by atoms with E-state index in [1.807, 2.05) is 62.6 Å². The highest BCUT2D eigenvalue weighted by atomic mass is 16.5. The summed E-state index contributed by atoms with van der Waals surface area (Å²) in [6, 6.07) is 21.4. The lowest BCUT2D eigenvalue weighted by molar-refractivity contribution is 0.0950. The molecule has 0 fully saturated rings. The molecule has 34 heavy (non-hydrogen) atoms. The average molecular weight is 449 g/mol. The number of hydrogen-bond acceptors (Lipinski definition) is 4. The Morgan fingerprint density at radius 2 is 1.82 bits per heavy atom. The molecule has 6 nitrogen and oxygen atoms in total. The SMILES string of the molecule is Cc1c(Oc2ccnc3cc(-c4cccn4C)ccc23)cccc1C(=O)NCc1ccncc1. The summed E-state index contributed by atoms with van der Waals surface area (Å²) in [5.41, 5.74) is 5.41. The van der Waals surface area contributed by atoms with Crippen molar-refractivity contribution in [3.63, 3.8) is 0 Å². The molecular formula is C28H24N4O2. The van der Waals surface area contributed by atoms with E-state index >= 15 is 0 Å². The Morgan fingerprint density at radius 1 is 0.971 bits per heavy atom. The Kier molecular flexibility index (Phi) is 5.79. The zero-order valence-corrected chi connectivity index (χ0v) is 19.0. The summed E-state index contributed by atoms with van der Waals surface area (Å²) in [7, 11) is 2.02. The average Bonchev–Trinajstić information content (AvgIpc) is 3.30. The van der Waals surface area contributed by atoms with Gasteiger partial charge in [0.2, 0.25) is 0 Å². The number of hydrogen-bond donors (Lipinski definition) is 1. The van der Waals surface area contributed by atoms with Crippen molar-refractivity contribution in [1.29, 1.82) is 0 Å². The van der Waals surface area contributed by atoms with Gasteiger partial charge >= 0.3 is 0 Å². The summed E-state index contributed by atoms with van der Waals surface area (Å²) in [5.74, 6) is 1.18. The first kappa shape index (κ1) is 21.4. The molecule has 0 bridgehead atoms. The topological polar surface area (TPSA) is 69.0 Å². The number of amides is 1. The van der Waals surface area contributed by atoms with Crippen LogP contribution >= 0.6 is 0 Å². The molecule has 0 atom stereocenters. The first-order valence-electron chi connectivity index (χ1n) is 11.1. The summed E-state index contributed by atoms with van der Waals surface area (Å²) in [5, 5.41) is 3.88. The molecule has 1 amide bonds. The second-order valence-electron chi connectivity index (χ2n) is 8.11. The number of nitrogens with one attached hydrogen (secondary N) is 1. The molecule has 0 aliphatic carbocycles. The standard InChI is InChI=1S/C28H24N4O2/c1-19-22(28(33)31-18-20-10-13-29-14-11-20)5-3-7-26(19)34-27-12-15-30-24-17-21(8-9-23(24)27)25-6-4-16-32(25)2/h3-17H,18H2,1-2H3,(H,31,33). The van der Waals surface area contributed by atoms with E-state index in [2.05, 4.69) is 38.1 Å². The van der Waals surface area contributed by atoms with Gasteiger partial charge in [-0.25, -0.2) is 0 Å². The van der Waals surface area contributed by atoms with Crippen LogP contribution in [-0.4, -0.2) is 20.4 Å². The van der Waals surface area contributed by atoms with Crippen molar-refractivity contribution >= 4 is 16.8 Å². The Bertz CT molecular complexity index is 1470. The fourth-order valence-corrected chi connectivity index (χ4v) is 4.00. The van der Waals surface area contributed by atoms with Crippen molar-refractivity contribution in [3.8, 4) is 22.8 Å². The van der Waals surface area contributed by atoms with E-state index in [9.17, 15) is 4.79 Å². The Hall–Kier alpha value is -4.45. The van der Waals surface area contributed by atoms with Gasteiger partial charge in [0, 0.05) is 66.2 Å². The molecule has 2 aromatic carbocycles. The predicted octanol–water partition coefficient (Wildman–Crippen LogP) is 5.67. The predicted molar refractivity (Wildman–Crippen MR) is 133 cm³/mol. The molecule has 0 saturated carbocycles. The maximum atomic E-state index is 12.8. The van der Waals surface area contributed by atoms with Crippen LogP contribution < -0.4 is 10.1 Å². The van der Waals surface area contributed by atoms with E-state index in [-0.39, 0.29) is 5.91 Å². The van der Waals surface area contributed by atoms with E-state index in [1.54, 1.807) is 24.7 Å². The third-order valence-electron chi connectivity index (χ3n) is 5.89.